The summed E-state index contributed by atoms with van der Waals surface area (Å²) in [5.41, 5.74) is 0.759. The fourth-order valence-corrected chi connectivity index (χ4v) is 2.44. The number of aromatic nitrogens is 6. The Kier molecular flexibility index (Phi) is 3.25. The Morgan fingerprint density at radius 1 is 1.32 bits per heavy atom. The van der Waals surface area contributed by atoms with Crippen LogP contribution in [-0.2, 0) is 6.54 Å². The highest BCUT2D eigenvalue weighted by molar-refractivity contribution is 5.54. The van der Waals surface area contributed by atoms with Gasteiger partial charge in [-0.2, -0.15) is 5.26 Å². The molecule has 0 unspecified atom stereocenters. The first-order valence-corrected chi connectivity index (χ1v) is 7.15. The van der Waals surface area contributed by atoms with E-state index in [0.717, 1.165) is 4.52 Å². The molecule has 0 radical (unpaired) electrons. The molecule has 0 spiro atoms. The first kappa shape index (κ1) is 14.6. The van der Waals surface area contributed by atoms with E-state index >= 15 is 0 Å². The van der Waals surface area contributed by atoms with Crippen molar-refractivity contribution in [1.82, 2.24) is 29.3 Å². The molecule has 1 N–H and O–H groups in total. The van der Waals surface area contributed by atoms with Crippen LogP contribution >= 0.6 is 0 Å². The van der Waals surface area contributed by atoms with Gasteiger partial charge in [0.1, 0.15) is 17.3 Å². The van der Waals surface area contributed by atoms with Crippen LogP contribution in [0.4, 0.5) is 0 Å². The summed E-state index contributed by atoms with van der Waals surface area (Å²) in [4.78, 5) is 32.5. The normalized spacial score (nSPS) is 10.8. The van der Waals surface area contributed by atoms with Crippen molar-refractivity contribution in [3.8, 4) is 17.6 Å². The first-order chi connectivity index (χ1) is 12.2. The second kappa shape index (κ2) is 5.57. The minimum absolute atomic E-state index is 0.0456. The largest absolute Gasteiger partial charge is 0.442 e. The van der Waals surface area contributed by atoms with Gasteiger partial charge < -0.3 is 0 Å². The zero-order valence-electron chi connectivity index (χ0n) is 12.6. The highest BCUT2D eigenvalue weighted by Crippen LogP contribution is 2.13. The topological polar surface area (TPSA) is 135 Å². The Morgan fingerprint density at radius 2 is 2.20 bits per heavy atom. The fourth-order valence-electron chi connectivity index (χ4n) is 2.44. The molecule has 4 rings (SSSR count). The first-order valence-electron chi connectivity index (χ1n) is 7.15. The van der Waals surface area contributed by atoms with E-state index in [4.69, 9.17) is 9.78 Å². The van der Waals surface area contributed by atoms with Gasteiger partial charge in [-0.05, 0) is 12.1 Å². The molecule has 0 aromatic carbocycles. The predicted molar refractivity (Wildman–Crippen MR) is 83.6 cm³/mol. The number of nitrogens with zero attached hydrogens (tertiary/aromatic N) is 6. The van der Waals surface area contributed by atoms with Gasteiger partial charge in [0.25, 0.3) is 5.56 Å². The van der Waals surface area contributed by atoms with E-state index in [-0.39, 0.29) is 23.6 Å². The van der Waals surface area contributed by atoms with Crippen molar-refractivity contribution in [2.75, 3.05) is 0 Å². The Balaban J connectivity index is 1.83. The standard InChI is InChI=1S/C15H9N7O3/c16-6-9-7-18-22-12(23)5-10(19-13(9)22)8-21-14(20-25-15(21)24)11-3-1-2-4-17-11/h1-5,7,18H,8H2. The summed E-state index contributed by atoms with van der Waals surface area (Å²) in [6.07, 6.45) is 2.95. The number of H-pyrrole nitrogens is 1. The van der Waals surface area contributed by atoms with Crippen molar-refractivity contribution >= 4 is 5.65 Å². The van der Waals surface area contributed by atoms with Gasteiger partial charge in [0, 0.05) is 18.5 Å². The highest BCUT2D eigenvalue weighted by atomic mass is 16.5. The molecule has 10 heteroatoms. The van der Waals surface area contributed by atoms with E-state index in [9.17, 15) is 9.59 Å². The van der Waals surface area contributed by atoms with E-state index in [1.165, 1.54) is 16.8 Å². The van der Waals surface area contributed by atoms with Gasteiger partial charge in [0.05, 0.1) is 12.2 Å². The molecule has 0 saturated carbocycles. The smallest absolute Gasteiger partial charge is 0.295 e. The number of nitrogens with one attached hydrogen (secondary N) is 1. The molecule has 0 saturated heterocycles. The lowest BCUT2D eigenvalue weighted by Gasteiger charge is -2.04. The third-order valence-electron chi connectivity index (χ3n) is 3.57. The van der Waals surface area contributed by atoms with Crippen LogP contribution in [0.3, 0.4) is 0 Å². The number of aromatic amines is 1. The van der Waals surface area contributed by atoms with E-state index in [0.29, 0.717) is 11.4 Å². The van der Waals surface area contributed by atoms with Crippen molar-refractivity contribution in [3.05, 3.63) is 68.8 Å². The monoisotopic (exact) mass is 335 g/mol. The van der Waals surface area contributed by atoms with E-state index in [1.807, 2.05) is 6.07 Å². The van der Waals surface area contributed by atoms with E-state index < -0.39 is 11.3 Å². The number of rotatable bonds is 3. The Hall–Kier alpha value is -4.00. The van der Waals surface area contributed by atoms with Crippen LogP contribution < -0.4 is 11.3 Å². The zero-order chi connectivity index (χ0) is 17.4. The molecule has 0 aliphatic heterocycles. The maximum absolute atomic E-state index is 12.1. The number of hydrogen-bond donors (Lipinski definition) is 1. The summed E-state index contributed by atoms with van der Waals surface area (Å²) in [5.74, 6) is -0.473. The Bertz CT molecular complexity index is 1220. The summed E-state index contributed by atoms with van der Waals surface area (Å²) in [5, 5.41) is 15.5. The molecular formula is C15H9N7O3. The van der Waals surface area contributed by atoms with Crippen LogP contribution in [0.1, 0.15) is 11.3 Å². The molecule has 0 aliphatic carbocycles. The third-order valence-corrected chi connectivity index (χ3v) is 3.57. The molecule has 122 valence electrons. The Morgan fingerprint density at radius 3 is 2.96 bits per heavy atom. The molecule has 4 heterocycles. The number of hydrogen-bond acceptors (Lipinski definition) is 7. The van der Waals surface area contributed by atoms with Gasteiger partial charge in [0.2, 0.25) is 5.82 Å². The summed E-state index contributed by atoms with van der Waals surface area (Å²) in [7, 11) is 0. The molecule has 25 heavy (non-hydrogen) atoms. The van der Waals surface area contributed by atoms with Gasteiger partial charge >= 0.3 is 5.76 Å². The average molecular weight is 335 g/mol. The van der Waals surface area contributed by atoms with Crippen LogP contribution in [0.25, 0.3) is 17.2 Å². The predicted octanol–water partition coefficient (Wildman–Crippen LogP) is 0.154. The second-order valence-corrected chi connectivity index (χ2v) is 5.12. The third kappa shape index (κ3) is 2.40. The van der Waals surface area contributed by atoms with Crippen LogP contribution in [0, 0.1) is 11.3 Å². The van der Waals surface area contributed by atoms with Crippen LogP contribution in [0.15, 0.2) is 50.8 Å². The molecule has 10 nitrogen and oxygen atoms in total. The van der Waals surface area contributed by atoms with Gasteiger partial charge in [-0.15, -0.1) is 0 Å². The molecule has 4 aromatic rings. The van der Waals surface area contributed by atoms with Crippen molar-refractivity contribution in [2.45, 2.75) is 6.54 Å². The van der Waals surface area contributed by atoms with Gasteiger partial charge in [-0.1, -0.05) is 11.2 Å². The quantitative estimate of drug-likeness (QED) is 0.563. The maximum atomic E-state index is 12.1. The van der Waals surface area contributed by atoms with Gasteiger partial charge in [-0.3, -0.25) is 19.4 Å². The van der Waals surface area contributed by atoms with Crippen molar-refractivity contribution < 1.29 is 4.52 Å². The summed E-state index contributed by atoms with van der Waals surface area (Å²) < 4.78 is 7.09. The lowest BCUT2D eigenvalue weighted by molar-refractivity contribution is 0.378. The van der Waals surface area contributed by atoms with E-state index in [2.05, 4.69) is 20.2 Å². The zero-order valence-corrected chi connectivity index (χ0v) is 12.6. The lowest BCUT2D eigenvalue weighted by Crippen LogP contribution is -2.21. The number of pyridine rings is 1. The fraction of sp³-hybridized carbons (Fsp3) is 0.0667. The van der Waals surface area contributed by atoms with Crippen molar-refractivity contribution in [1.29, 1.82) is 5.26 Å². The Labute approximate surface area is 138 Å². The molecule has 0 atom stereocenters. The van der Waals surface area contributed by atoms with Gasteiger partial charge in [-0.25, -0.2) is 18.9 Å². The summed E-state index contributed by atoms with van der Waals surface area (Å²) in [6.45, 7) is -0.0456. The second-order valence-electron chi connectivity index (χ2n) is 5.12. The minimum atomic E-state index is -0.697. The highest BCUT2D eigenvalue weighted by Gasteiger charge is 2.16. The lowest BCUT2D eigenvalue weighted by atomic mass is 10.3. The van der Waals surface area contributed by atoms with Crippen LogP contribution in [-0.4, -0.2) is 29.3 Å². The maximum Gasteiger partial charge on any atom is 0.442 e. The van der Waals surface area contributed by atoms with Crippen LogP contribution in [0.5, 0.6) is 0 Å². The van der Waals surface area contributed by atoms with Crippen molar-refractivity contribution in [2.24, 2.45) is 0 Å². The van der Waals surface area contributed by atoms with Crippen molar-refractivity contribution in [3.63, 3.8) is 0 Å². The van der Waals surface area contributed by atoms with Gasteiger partial charge in [0.15, 0.2) is 5.65 Å². The summed E-state index contributed by atoms with van der Waals surface area (Å²) >= 11 is 0. The summed E-state index contributed by atoms with van der Waals surface area (Å²) in [6, 6.07) is 8.38. The molecule has 0 amide bonds. The minimum Gasteiger partial charge on any atom is -0.295 e. The number of nitriles is 1. The SMILES string of the molecule is N#Cc1c[nH]n2c(=O)cc(Cn3c(-c4ccccn4)noc3=O)nc12. The molecule has 0 aliphatic rings. The van der Waals surface area contributed by atoms with Crippen LogP contribution in [0.2, 0.25) is 0 Å². The number of fused-ring (bicyclic) bond motifs is 1. The molecular weight excluding hydrogens is 326 g/mol. The molecule has 0 bridgehead atoms. The average Bonchev–Trinajstić information content (AvgIpc) is 3.20. The molecule has 4 aromatic heterocycles. The van der Waals surface area contributed by atoms with E-state index in [1.54, 1.807) is 24.4 Å². The molecule has 0 fully saturated rings.